The van der Waals surface area contributed by atoms with Crippen LogP contribution in [0.3, 0.4) is 0 Å². The molecule has 0 bridgehead atoms. The minimum absolute atomic E-state index is 0.0229. The zero-order chi connectivity index (χ0) is 83.7. The third-order valence-electron chi connectivity index (χ3n) is 23.7. The summed E-state index contributed by atoms with van der Waals surface area (Å²) >= 11 is 0. The van der Waals surface area contributed by atoms with Crippen molar-refractivity contribution in [3.63, 3.8) is 0 Å². The van der Waals surface area contributed by atoms with Crippen molar-refractivity contribution in [3.05, 3.63) is 260 Å². The van der Waals surface area contributed by atoms with Gasteiger partial charge in [-0.25, -0.2) is 9.59 Å². The van der Waals surface area contributed by atoms with E-state index in [1.165, 1.54) is 0 Å². The average Bonchev–Trinajstić information content (AvgIpc) is 0.669. The molecule has 2 heterocycles. The molecular formula is C100H100N4O14. The summed E-state index contributed by atoms with van der Waals surface area (Å²) in [7, 11) is 0. The van der Waals surface area contributed by atoms with Gasteiger partial charge in [0.15, 0.2) is 0 Å². The van der Waals surface area contributed by atoms with Crippen LogP contribution in [0.2, 0.25) is 0 Å². The van der Waals surface area contributed by atoms with Crippen LogP contribution in [0.5, 0.6) is 46.0 Å². The van der Waals surface area contributed by atoms with E-state index < -0.39 is 83.8 Å². The fourth-order valence-corrected chi connectivity index (χ4v) is 17.3. The van der Waals surface area contributed by atoms with Crippen molar-refractivity contribution >= 4 is 90.5 Å². The molecule has 604 valence electrons. The van der Waals surface area contributed by atoms with Crippen molar-refractivity contribution in [3.8, 4) is 46.0 Å². The molecule has 2 aliphatic carbocycles. The number of ether oxygens (including phenoxy) is 6. The maximum atomic E-state index is 17.0. The fraction of sp³-hybridized carbons (Fsp3) is 0.320. The molecule has 118 heavy (non-hydrogen) atoms. The van der Waals surface area contributed by atoms with E-state index in [0.29, 0.717) is 72.6 Å². The summed E-state index contributed by atoms with van der Waals surface area (Å²) in [5.74, 6) is -3.42. The standard InChI is InChI=1S/C100H100N4O14/c1-51(2)63-33-37-75(57(13)41-63)115-79-47-71-83-72(96(108)103(95(71)107)91(61-25-19-17-20-26-61)93(105)101-67-29-23-31-69(45-67)113-99(111)55(9)10)49-81(117-77-39-35-65(53(5)6)43-59(77)15)87-88-82(118-78-40-36-66(54(7)8)44-60(78)16)50-74-84-73(48-80(86(90(84)88)85(79)89(83)87)116-76-38-34-64(52(3)4)42-58(76)14)97(109)104(98(74)110)92(62-27-21-18-22-28-62)94(106)102-68-30-24-32-70(46-68)114-100(112)56(11)12/h17-22,25-28,33-44,47-54,67-70,91-92H,9,11,23-24,29-32,45-46H2,1-8,10,12-16H3,(H,101,105)(H,102,106). The number of aryl methyl sites for hydroxylation is 4. The van der Waals surface area contributed by atoms with Gasteiger partial charge in [0.2, 0.25) is 11.8 Å². The van der Waals surface area contributed by atoms with Crippen molar-refractivity contribution in [2.75, 3.05) is 0 Å². The van der Waals surface area contributed by atoms with Crippen molar-refractivity contribution < 1.29 is 66.8 Å². The maximum Gasteiger partial charge on any atom is 0.333 e. The van der Waals surface area contributed by atoms with E-state index in [2.05, 4.69) is 79.2 Å². The molecule has 11 aromatic carbocycles. The van der Waals surface area contributed by atoms with Crippen molar-refractivity contribution in [2.45, 2.75) is 208 Å². The SMILES string of the molecule is C=C(C)C(=O)OC1CCCC(NC(=O)C(c2ccccc2)N2C(=O)c3cc(Oc4ccc(C(C)C)cc4C)c4c5c(Oc6ccc(C(C)C)cc6C)cc6c7c(cc(Oc8ccc(C(C)C)cc8C)c(c8c(Oc9ccc(C(C)C)cc9C)cc(c3c48)C2=O)c75)C(=O)N(C(C(=O)NC2CCCC(OC(=O)C(=C)C)C2)c2ccccc2)C6=O)C1. The molecule has 2 saturated carbocycles. The van der Waals surface area contributed by atoms with E-state index in [1.807, 2.05) is 100 Å². The topological polar surface area (TPSA) is 222 Å². The lowest BCUT2D eigenvalue weighted by atomic mass is 9.80. The van der Waals surface area contributed by atoms with E-state index in [-0.39, 0.29) is 136 Å². The number of hydrogen-bond donors (Lipinski definition) is 2. The first kappa shape index (κ1) is 80.7. The lowest BCUT2D eigenvalue weighted by Crippen LogP contribution is -2.51. The molecule has 2 aliphatic heterocycles. The van der Waals surface area contributed by atoms with Crippen LogP contribution in [0.1, 0.15) is 253 Å². The quantitative estimate of drug-likeness (QED) is 0.0189. The van der Waals surface area contributed by atoms with E-state index in [4.69, 9.17) is 28.4 Å². The highest BCUT2D eigenvalue weighted by molar-refractivity contribution is 6.45. The summed E-state index contributed by atoms with van der Waals surface area (Å²) in [4.78, 5) is 128. The summed E-state index contributed by atoms with van der Waals surface area (Å²) in [6, 6.07) is 43.2. The molecule has 6 amide bonds. The average molecular weight is 1580 g/mol. The zero-order valence-electron chi connectivity index (χ0n) is 69.5. The molecule has 18 nitrogen and oxygen atoms in total. The highest BCUT2D eigenvalue weighted by atomic mass is 16.5. The Kier molecular flexibility index (Phi) is 22.3. The number of rotatable bonds is 24. The Balaban J connectivity index is 1.07. The molecule has 2 N–H and O–H groups in total. The molecule has 0 spiro atoms. The van der Waals surface area contributed by atoms with Gasteiger partial charge >= 0.3 is 11.9 Å². The van der Waals surface area contributed by atoms with E-state index >= 15 is 28.8 Å². The number of fused-ring (bicyclic) bond motifs is 2. The van der Waals surface area contributed by atoms with Gasteiger partial charge in [0.25, 0.3) is 23.6 Å². The van der Waals surface area contributed by atoms with Gasteiger partial charge in [0.1, 0.15) is 70.3 Å². The summed E-state index contributed by atoms with van der Waals surface area (Å²) in [6.45, 7) is 35.3. The van der Waals surface area contributed by atoms with Gasteiger partial charge in [-0.2, -0.15) is 0 Å². The van der Waals surface area contributed by atoms with Crippen LogP contribution in [0.15, 0.2) is 182 Å². The predicted molar refractivity (Wildman–Crippen MR) is 459 cm³/mol. The van der Waals surface area contributed by atoms with Crippen LogP contribution in [0.25, 0.3) is 43.1 Å². The van der Waals surface area contributed by atoms with Crippen LogP contribution in [0.4, 0.5) is 0 Å². The van der Waals surface area contributed by atoms with Crippen molar-refractivity contribution in [2.24, 2.45) is 0 Å². The largest absolute Gasteiger partial charge is 0.459 e. The first-order chi connectivity index (χ1) is 56.4. The number of hydrogen-bond acceptors (Lipinski definition) is 14. The zero-order valence-corrected chi connectivity index (χ0v) is 69.5. The van der Waals surface area contributed by atoms with Gasteiger partial charge in [0.05, 0.1) is 22.3 Å². The number of nitrogens with one attached hydrogen (secondary N) is 2. The van der Waals surface area contributed by atoms with Crippen LogP contribution in [0, 0.1) is 27.7 Å². The molecule has 0 saturated heterocycles. The molecule has 11 aromatic rings. The summed E-state index contributed by atoms with van der Waals surface area (Å²) < 4.78 is 42.0. The van der Waals surface area contributed by atoms with E-state index in [9.17, 15) is 9.59 Å². The first-order valence-corrected chi connectivity index (χ1v) is 41.1. The number of carbonyl (C=O) groups excluding carboxylic acids is 8. The minimum atomic E-state index is -1.59. The highest BCUT2D eigenvalue weighted by Gasteiger charge is 2.48. The molecule has 0 radical (unpaired) electrons. The van der Waals surface area contributed by atoms with Crippen molar-refractivity contribution in [1.82, 2.24) is 20.4 Å². The fourth-order valence-electron chi connectivity index (χ4n) is 17.3. The number of carbonyl (C=O) groups is 8. The van der Waals surface area contributed by atoms with E-state index in [1.54, 1.807) is 98.8 Å². The third-order valence-corrected chi connectivity index (χ3v) is 23.7. The lowest BCUT2D eigenvalue weighted by molar-refractivity contribution is -0.147. The monoisotopic (exact) mass is 1580 g/mol. The second-order valence-corrected chi connectivity index (χ2v) is 33.8. The minimum Gasteiger partial charge on any atom is -0.459 e. The molecule has 6 unspecified atom stereocenters. The second-order valence-electron chi connectivity index (χ2n) is 33.8. The molecule has 2 fully saturated rings. The number of amides is 6. The Morgan fingerprint density at radius 3 is 0.864 bits per heavy atom. The van der Waals surface area contributed by atoms with Gasteiger partial charge in [-0.1, -0.05) is 178 Å². The van der Waals surface area contributed by atoms with Crippen LogP contribution in [-0.4, -0.2) is 81.5 Å². The summed E-state index contributed by atoms with van der Waals surface area (Å²) in [5.41, 5.74) is 8.10. The predicted octanol–water partition coefficient (Wildman–Crippen LogP) is 22.4. The molecule has 6 atom stereocenters. The highest BCUT2D eigenvalue weighted by Crippen LogP contribution is 2.59. The second kappa shape index (κ2) is 32.6. The smallest absolute Gasteiger partial charge is 0.333 e. The van der Waals surface area contributed by atoms with Crippen LogP contribution < -0.4 is 29.6 Å². The number of imide groups is 2. The number of nitrogens with zero attached hydrogens (tertiary/aromatic N) is 2. The summed E-state index contributed by atoms with van der Waals surface area (Å²) in [5, 5.41) is 8.39. The molecule has 4 aliphatic rings. The number of esters is 2. The first-order valence-electron chi connectivity index (χ1n) is 41.1. The Labute approximate surface area is 688 Å². The molecule has 0 aromatic heterocycles. The van der Waals surface area contributed by atoms with E-state index in [0.717, 1.165) is 54.3 Å². The third kappa shape index (κ3) is 15.2. The molecule has 18 heteroatoms. The molecule has 15 rings (SSSR count). The Bertz CT molecular complexity index is 5370. The van der Waals surface area contributed by atoms with Gasteiger partial charge in [-0.3, -0.25) is 38.6 Å². The Morgan fingerprint density at radius 2 is 0.619 bits per heavy atom. The lowest BCUT2D eigenvalue weighted by Gasteiger charge is -2.37. The normalized spacial score (nSPS) is 17.3. The van der Waals surface area contributed by atoms with Gasteiger partial charge < -0.3 is 39.1 Å². The Hall–Kier alpha value is -12.4. The number of benzene rings is 11. The van der Waals surface area contributed by atoms with Gasteiger partial charge in [-0.15, -0.1) is 0 Å². The van der Waals surface area contributed by atoms with Gasteiger partial charge in [0, 0.05) is 79.2 Å². The maximum absolute atomic E-state index is 17.0. The molecular weight excluding hydrogens is 1480 g/mol. The Morgan fingerprint density at radius 1 is 0.347 bits per heavy atom. The van der Waals surface area contributed by atoms with Crippen molar-refractivity contribution in [1.29, 1.82) is 0 Å². The van der Waals surface area contributed by atoms with Gasteiger partial charge in [-0.05, 0) is 208 Å². The van der Waals surface area contributed by atoms with Crippen LogP contribution >= 0.6 is 0 Å². The summed E-state index contributed by atoms with van der Waals surface area (Å²) in [6.07, 6.45) is 2.82. The van der Waals surface area contributed by atoms with Crippen LogP contribution in [-0.2, 0) is 28.7 Å².